The van der Waals surface area contributed by atoms with Gasteiger partial charge in [0.15, 0.2) is 18.1 Å². The van der Waals surface area contributed by atoms with Crippen LogP contribution in [-0.4, -0.2) is 25.1 Å². The molecule has 142 valence electrons. The van der Waals surface area contributed by atoms with Crippen LogP contribution >= 0.6 is 0 Å². The van der Waals surface area contributed by atoms with Crippen molar-refractivity contribution in [1.29, 1.82) is 0 Å². The van der Waals surface area contributed by atoms with Crippen LogP contribution in [0.25, 0.3) is 0 Å². The summed E-state index contributed by atoms with van der Waals surface area (Å²) >= 11 is 0. The fourth-order valence-corrected chi connectivity index (χ4v) is 2.77. The molecule has 0 radical (unpaired) electrons. The first-order chi connectivity index (χ1) is 13.0. The number of hydrogen-bond acceptors (Lipinski definition) is 5. The minimum absolute atomic E-state index is 0.0678. The molecule has 2 aromatic rings. The third-order valence-corrected chi connectivity index (χ3v) is 4.33. The Bertz CT molecular complexity index is 816. The molecule has 0 fully saturated rings. The van der Waals surface area contributed by atoms with E-state index in [0.29, 0.717) is 30.1 Å². The highest BCUT2D eigenvalue weighted by atomic mass is 16.7. The molecule has 1 aliphatic heterocycles. The van der Waals surface area contributed by atoms with Gasteiger partial charge in [-0.15, -0.1) is 0 Å². The standard InChI is InChI=1S/C21H23NO5/c1-14(23)3-4-16-5-8-18(9-6-16)25-12-21(24)22-15(2)17-7-10-19-20(11-17)27-13-26-19/h5-11,15H,3-4,12-13H2,1-2H3,(H,22,24)/t15-/m0/s1. The predicted octanol–water partition coefficient (Wildman–Crippen LogP) is 3.19. The van der Waals surface area contributed by atoms with Crippen LogP contribution in [-0.2, 0) is 16.0 Å². The number of nitrogens with one attached hydrogen (secondary N) is 1. The normalized spacial score (nSPS) is 13.1. The van der Waals surface area contributed by atoms with Crippen LogP contribution in [0, 0.1) is 0 Å². The smallest absolute Gasteiger partial charge is 0.258 e. The lowest BCUT2D eigenvalue weighted by atomic mass is 10.1. The minimum Gasteiger partial charge on any atom is -0.484 e. The van der Waals surface area contributed by atoms with Gasteiger partial charge in [-0.25, -0.2) is 0 Å². The number of ether oxygens (including phenoxy) is 3. The summed E-state index contributed by atoms with van der Waals surface area (Å²) in [6.07, 6.45) is 1.24. The lowest BCUT2D eigenvalue weighted by Gasteiger charge is -2.15. The van der Waals surface area contributed by atoms with E-state index in [4.69, 9.17) is 14.2 Å². The van der Waals surface area contributed by atoms with Crippen LogP contribution < -0.4 is 19.5 Å². The zero-order valence-corrected chi connectivity index (χ0v) is 15.5. The number of aryl methyl sites for hydroxylation is 1. The van der Waals surface area contributed by atoms with E-state index < -0.39 is 0 Å². The fraction of sp³-hybridized carbons (Fsp3) is 0.333. The zero-order valence-electron chi connectivity index (χ0n) is 15.5. The molecule has 0 saturated carbocycles. The Morgan fingerprint density at radius 1 is 1.11 bits per heavy atom. The Kier molecular flexibility index (Phi) is 5.96. The molecule has 1 N–H and O–H groups in total. The fourth-order valence-electron chi connectivity index (χ4n) is 2.77. The van der Waals surface area contributed by atoms with Crippen molar-refractivity contribution in [2.24, 2.45) is 0 Å². The van der Waals surface area contributed by atoms with Crippen LogP contribution in [0.3, 0.4) is 0 Å². The molecule has 6 heteroatoms. The van der Waals surface area contributed by atoms with Crippen molar-refractivity contribution in [2.75, 3.05) is 13.4 Å². The zero-order chi connectivity index (χ0) is 19.2. The van der Waals surface area contributed by atoms with Gasteiger partial charge in [-0.2, -0.15) is 0 Å². The number of carbonyl (C=O) groups excluding carboxylic acids is 2. The second kappa shape index (κ2) is 8.58. The van der Waals surface area contributed by atoms with Gasteiger partial charge >= 0.3 is 0 Å². The van der Waals surface area contributed by atoms with Crippen molar-refractivity contribution in [3.63, 3.8) is 0 Å². The average molecular weight is 369 g/mol. The summed E-state index contributed by atoms with van der Waals surface area (Å²) in [5.74, 6) is 1.99. The van der Waals surface area contributed by atoms with Gasteiger partial charge in [-0.1, -0.05) is 18.2 Å². The number of hydrogen-bond donors (Lipinski definition) is 1. The Labute approximate surface area is 158 Å². The van der Waals surface area contributed by atoms with Gasteiger partial charge in [0, 0.05) is 6.42 Å². The van der Waals surface area contributed by atoms with Crippen LogP contribution in [0.2, 0.25) is 0 Å². The summed E-state index contributed by atoms with van der Waals surface area (Å²) in [5, 5.41) is 2.90. The summed E-state index contributed by atoms with van der Waals surface area (Å²) in [4.78, 5) is 23.2. The second-order valence-electron chi connectivity index (χ2n) is 6.54. The highest BCUT2D eigenvalue weighted by Crippen LogP contribution is 2.34. The van der Waals surface area contributed by atoms with E-state index in [1.807, 2.05) is 49.4 Å². The lowest BCUT2D eigenvalue weighted by Crippen LogP contribution is -2.31. The molecule has 0 bridgehead atoms. The number of fused-ring (bicyclic) bond motifs is 1. The molecule has 0 spiro atoms. The van der Waals surface area contributed by atoms with E-state index in [9.17, 15) is 9.59 Å². The van der Waals surface area contributed by atoms with Gasteiger partial charge in [-0.05, 0) is 55.7 Å². The second-order valence-corrected chi connectivity index (χ2v) is 6.54. The minimum atomic E-state index is -0.208. The van der Waals surface area contributed by atoms with E-state index in [2.05, 4.69) is 5.32 Å². The van der Waals surface area contributed by atoms with Crippen molar-refractivity contribution in [3.05, 3.63) is 53.6 Å². The van der Waals surface area contributed by atoms with Crippen molar-refractivity contribution in [3.8, 4) is 17.2 Å². The number of Topliss-reactive ketones (excluding diaryl/α,β-unsaturated/α-hetero) is 1. The maximum atomic E-state index is 12.1. The Morgan fingerprint density at radius 3 is 2.59 bits per heavy atom. The van der Waals surface area contributed by atoms with Crippen molar-refractivity contribution in [2.45, 2.75) is 32.7 Å². The van der Waals surface area contributed by atoms with Crippen molar-refractivity contribution in [1.82, 2.24) is 5.32 Å². The van der Waals surface area contributed by atoms with Gasteiger partial charge in [-0.3, -0.25) is 4.79 Å². The van der Waals surface area contributed by atoms with Crippen molar-refractivity contribution >= 4 is 11.7 Å². The molecule has 0 aromatic heterocycles. The van der Waals surface area contributed by atoms with Crippen molar-refractivity contribution < 1.29 is 23.8 Å². The first kappa shape index (κ1) is 18.8. The van der Waals surface area contributed by atoms with Crippen LogP contribution in [0.4, 0.5) is 0 Å². The molecule has 27 heavy (non-hydrogen) atoms. The quantitative estimate of drug-likeness (QED) is 0.774. The average Bonchev–Trinajstić information content (AvgIpc) is 3.13. The molecule has 0 aliphatic carbocycles. The summed E-state index contributed by atoms with van der Waals surface area (Å²) in [6, 6.07) is 12.9. The maximum absolute atomic E-state index is 12.1. The van der Waals surface area contributed by atoms with Crippen LogP contribution in [0.5, 0.6) is 17.2 Å². The monoisotopic (exact) mass is 369 g/mol. The summed E-state index contributed by atoms with van der Waals surface area (Å²) in [6.45, 7) is 3.64. The van der Waals surface area contributed by atoms with E-state index in [1.165, 1.54) is 0 Å². The van der Waals surface area contributed by atoms with Gasteiger partial charge in [0.2, 0.25) is 6.79 Å². The number of benzene rings is 2. The SMILES string of the molecule is CC(=O)CCc1ccc(OCC(=O)N[C@@H](C)c2ccc3c(c2)OCO3)cc1. The molecule has 1 amide bonds. The van der Waals surface area contributed by atoms with Gasteiger partial charge < -0.3 is 24.3 Å². The first-order valence-electron chi connectivity index (χ1n) is 8.91. The predicted molar refractivity (Wildman–Crippen MR) is 100 cm³/mol. The lowest BCUT2D eigenvalue weighted by molar-refractivity contribution is -0.123. The molecule has 0 unspecified atom stereocenters. The number of carbonyl (C=O) groups is 2. The third-order valence-electron chi connectivity index (χ3n) is 4.33. The third kappa shape index (κ3) is 5.23. The molecule has 1 heterocycles. The molecule has 6 nitrogen and oxygen atoms in total. The highest BCUT2D eigenvalue weighted by molar-refractivity contribution is 5.78. The van der Waals surface area contributed by atoms with Crippen LogP contribution in [0.1, 0.15) is 37.4 Å². The molecular formula is C21H23NO5. The summed E-state index contributed by atoms with van der Waals surface area (Å²) in [5.41, 5.74) is 2.00. The van der Waals surface area contributed by atoms with Gasteiger partial charge in [0.25, 0.3) is 5.91 Å². The molecule has 1 aliphatic rings. The summed E-state index contributed by atoms with van der Waals surface area (Å²) < 4.78 is 16.2. The molecular weight excluding hydrogens is 346 g/mol. The molecule has 1 atom stereocenters. The largest absolute Gasteiger partial charge is 0.484 e. The Hall–Kier alpha value is -3.02. The topological polar surface area (TPSA) is 73.9 Å². The van der Waals surface area contributed by atoms with Gasteiger partial charge in [0.05, 0.1) is 6.04 Å². The van der Waals surface area contributed by atoms with Crippen LogP contribution in [0.15, 0.2) is 42.5 Å². The summed E-state index contributed by atoms with van der Waals surface area (Å²) in [7, 11) is 0. The molecule has 0 saturated heterocycles. The number of amides is 1. The first-order valence-corrected chi connectivity index (χ1v) is 8.91. The number of rotatable bonds is 8. The maximum Gasteiger partial charge on any atom is 0.258 e. The highest BCUT2D eigenvalue weighted by Gasteiger charge is 2.17. The van der Waals surface area contributed by atoms with E-state index in [0.717, 1.165) is 11.1 Å². The Morgan fingerprint density at radius 2 is 1.85 bits per heavy atom. The van der Waals surface area contributed by atoms with E-state index in [-0.39, 0.29) is 31.1 Å². The van der Waals surface area contributed by atoms with E-state index >= 15 is 0 Å². The van der Waals surface area contributed by atoms with Gasteiger partial charge in [0.1, 0.15) is 11.5 Å². The molecule has 3 rings (SSSR count). The Balaban J connectivity index is 1.47. The van der Waals surface area contributed by atoms with E-state index in [1.54, 1.807) is 6.92 Å². The molecule has 2 aromatic carbocycles. The number of ketones is 1.